The summed E-state index contributed by atoms with van der Waals surface area (Å²) in [6, 6.07) is 11.1. The maximum atomic E-state index is 13.3. The molecule has 28 heavy (non-hydrogen) atoms. The van der Waals surface area contributed by atoms with Gasteiger partial charge < -0.3 is 5.32 Å². The van der Waals surface area contributed by atoms with Gasteiger partial charge in [0.2, 0.25) is 0 Å². The number of sulfone groups is 1. The van der Waals surface area contributed by atoms with Crippen LogP contribution in [0.5, 0.6) is 0 Å². The van der Waals surface area contributed by atoms with Crippen molar-refractivity contribution in [1.29, 1.82) is 0 Å². The van der Waals surface area contributed by atoms with Gasteiger partial charge in [0, 0.05) is 11.1 Å². The molecule has 1 aromatic heterocycles. The second-order valence-electron chi connectivity index (χ2n) is 7.02. The molecule has 0 fully saturated rings. The van der Waals surface area contributed by atoms with Crippen molar-refractivity contribution in [2.45, 2.75) is 25.4 Å². The van der Waals surface area contributed by atoms with Crippen LogP contribution in [0.25, 0.3) is 5.69 Å². The molecular formula is C20H18FN3O3S. The van der Waals surface area contributed by atoms with E-state index in [0.29, 0.717) is 28.3 Å². The lowest BCUT2D eigenvalue weighted by Crippen LogP contribution is -2.17. The fourth-order valence-corrected chi connectivity index (χ4v) is 4.92. The highest BCUT2D eigenvalue weighted by atomic mass is 32.2. The minimum atomic E-state index is -3.29. The van der Waals surface area contributed by atoms with E-state index in [-0.39, 0.29) is 17.4 Å². The lowest BCUT2D eigenvalue weighted by molar-refractivity contribution is 0.102. The first-order chi connectivity index (χ1) is 13.2. The summed E-state index contributed by atoms with van der Waals surface area (Å²) in [5.41, 5.74) is 3.78. The number of hydrogen-bond acceptors (Lipinski definition) is 4. The Morgan fingerprint density at radius 2 is 1.71 bits per heavy atom. The van der Waals surface area contributed by atoms with Crippen molar-refractivity contribution in [2.24, 2.45) is 0 Å². The third-order valence-corrected chi connectivity index (χ3v) is 6.02. The van der Waals surface area contributed by atoms with Crippen LogP contribution in [-0.2, 0) is 21.3 Å². The summed E-state index contributed by atoms with van der Waals surface area (Å²) in [7, 11) is -3.29. The van der Waals surface area contributed by atoms with Gasteiger partial charge in [0.1, 0.15) is 11.6 Å². The molecule has 1 N–H and O–H groups in total. The Kier molecular flexibility index (Phi) is 4.30. The van der Waals surface area contributed by atoms with E-state index < -0.39 is 15.7 Å². The predicted octanol–water partition coefficient (Wildman–Crippen LogP) is 3.31. The van der Waals surface area contributed by atoms with E-state index in [1.54, 1.807) is 12.1 Å². The van der Waals surface area contributed by atoms with Crippen molar-refractivity contribution in [1.82, 2.24) is 9.78 Å². The van der Waals surface area contributed by atoms with Gasteiger partial charge in [-0.25, -0.2) is 17.5 Å². The van der Waals surface area contributed by atoms with E-state index in [4.69, 9.17) is 0 Å². The van der Waals surface area contributed by atoms with Gasteiger partial charge in [-0.3, -0.25) is 4.79 Å². The summed E-state index contributed by atoms with van der Waals surface area (Å²) in [6.07, 6.45) is 0. The molecule has 0 aliphatic carbocycles. The Hall–Kier alpha value is -3.00. The minimum absolute atomic E-state index is 0.178. The molecule has 0 bridgehead atoms. The zero-order chi connectivity index (χ0) is 20.1. The van der Waals surface area contributed by atoms with Crippen LogP contribution < -0.4 is 5.32 Å². The fraction of sp³-hybridized carbons (Fsp3) is 0.200. The lowest BCUT2D eigenvalue weighted by Gasteiger charge is -2.12. The molecule has 1 aliphatic heterocycles. The maximum absolute atomic E-state index is 13.3. The third-order valence-electron chi connectivity index (χ3n) is 4.57. The highest BCUT2D eigenvalue weighted by molar-refractivity contribution is 7.90. The summed E-state index contributed by atoms with van der Waals surface area (Å²) in [5, 5.41) is 7.18. The first kappa shape index (κ1) is 18.4. The van der Waals surface area contributed by atoms with Crippen molar-refractivity contribution in [3.05, 3.63) is 76.2 Å². The summed E-state index contributed by atoms with van der Waals surface area (Å²) >= 11 is 0. The molecule has 2 heterocycles. The number of nitrogens with one attached hydrogen (secondary N) is 1. The molecule has 4 rings (SSSR count). The second kappa shape index (κ2) is 6.56. The Morgan fingerprint density at radius 1 is 1.07 bits per heavy atom. The van der Waals surface area contributed by atoms with Crippen molar-refractivity contribution < 1.29 is 17.6 Å². The molecule has 144 valence electrons. The van der Waals surface area contributed by atoms with E-state index in [2.05, 4.69) is 10.4 Å². The van der Waals surface area contributed by atoms with Crippen LogP contribution in [0, 0.1) is 19.7 Å². The van der Waals surface area contributed by atoms with Crippen LogP contribution in [0.4, 0.5) is 10.2 Å². The molecule has 2 aromatic carbocycles. The van der Waals surface area contributed by atoms with Crippen LogP contribution in [0.3, 0.4) is 0 Å². The van der Waals surface area contributed by atoms with E-state index in [1.165, 1.54) is 28.9 Å². The third kappa shape index (κ3) is 3.43. The Morgan fingerprint density at radius 3 is 2.36 bits per heavy atom. The van der Waals surface area contributed by atoms with Crippen LogP contribution in [0.2, 0.25) is 0 Å². The Balaban J connectivity index is 1.78. The molecule has 1 aliphatic rings. The molecule has 0 saturated heterocycles. The van der Waals surface area contributed by atoms with Gasteiger partial charge in [-0.05, 0) is 50.2 Å². The summed E-state index contributed by atoms with van der Waals surface area (Å²) < 4.78 is 38.8. The molecule has 3 aromatic rings. The van der Waals surface area contributed by atoms with Gasteiger partial charge >= 0.3 is 0 Å². The van der Waals surface area contributed by atoms with Crippen molar-refractivity contribution in [3.8, 4) is 5.69 Å². The average Bonchev–Trinajstić information content (AvgIpc) is 3.07. The van der Waals surface area contributed by atoms with E-state index in [9.17, 15) is 17.6 Å². The van der Waals surface area contributed by atoms with Gasteiger partial charge in [0.05, 0.1) is 22.9 Å². The zero-order valence-electron chi connectivity index (χ0n) is 15.4. The minimum Gasteiger partial charge on any atom is -0.306 e. The molecule has 1 amide bonds. The summed E-state index contributed by atoms with van der Waals surface area (Å²) in [6.45, 7) is 3.80. The average molecular weight is 399 g/mol. The lowest BCUT2D eigenvalue weighted by atomic mass is 10.1. The normalized spacial score (nSPS) is 14.7. The number of amides is 1. The molecule has 6 nitrogen and oxygen atoms in total. The quantitative estimate of drug-likeness (QED) is 0.733. The molecule has 0 spiro atoms. The number of halogens is 1. The van der Waals surface area contributed by atoms with Crippen LogP contribution in [0.1, 0.15) is 32.7 Å². The molecule has 0 atom stereocenters. The molecule has 0 saturated carbocycles. The molecule has 8 heteroatoms. The van der Waals surface area contributed by atoms with Gasteiger partial charge in [-0.1, -0.05) is 17.2 Å². The highest BCUT2D eigenvalue weighted by Crippen LogP contribution is 2.33. The van der Waals surface area contributed by atoms with Crippen LogP contribution in [-0.4, -0.2) is 24.1 Å². The number of fused-ring (bicyclic) bond motifs is 1. The number of aromatic nitrogens is 2. The number of benzene rings is 2. The summed E-state index contributed by atoms with van der Waals surface area (Å²) in [4.78, 5) is 12.9. The van der Waals surface area contributed by atoms with Gasteiger partial charge in [-0.15, -0.1) is 0 Å². The smallest absolute Gasteiger partial charge is 0.256 e. The highest BCUT2D eigenvalue weighted by Gasteiger charge is 2.33. The topological polar surface area (TPSA) is 81.1 Å². The standard InChI is InChI=1S/C20H18FN3O3S/c1-12-7-13(2)9-14(8-12)20(25)22-19-17-10-28(26,27)11-18(17)23-24(19)16-5-3-15(21)4-6-16/h3-9H,10-11H2,1-2H3,(H,22,25). The molecule has 0 unspecified atom stereocenters. The molecule has 0 radical (unpaired) electrons. The number of hydrogen-bond donors (Lipinski definition) is 1. The van der Waals surface area contributed by atoms with E-state index >= 15 is 0 Å². The number of nitrogens with zero attached hydrogens (tertiary/aromatic N) is 2. The maximum Gasteiger partial charge on any atom is 0.256 e. The first-order valence-electron chi connectivity index (χ1n) is 8.69. The summed E-state index contributed by atoms with van der Waals surface area (Å²) in [5.74, 6) is -0.824. The second-order valence-corrected chi connectivity index (χ2v) is 9.09. The monoisotopic (exact) mass is 399 g/mol. The number of rotatable bonds is 3. The Labute approximate surface area is 161 Å². The number of carbonyl (C=O) groups excluding carboxylic acids is 1. The number of carbonyl (C=O) groups is 1. The van der Waals surface area contributed by atoms with Crippen molar-refractivity contribution >= 4 is 21.6 Å². The van der Waals surface area contributed by atoms with Gasteiger partial charge in [0.15, 0.2) is 9.84 Å². The van der Waals surface area contributed by atoms with Crippen LogP contribution in [0.15, 0.2) is 42.5 Å². The fourth-order valence-electron chi connectivity index (χ4n) is 3.43. The van der Waals surface area contributed by atoms with Crippen LogP contribution >= 0.6 is 0 Å². The van der Waals surface area contributed by atoms with E-state index in [1.807, 2.05) is 19.9 Å². The number of aryl methyl sites for hydroxylation is 2. The number of anilines is 1. The SMILES string of the molecule is Cc1cc(C)cc(C(=O)Nc2c3c(nn2-c2ccc(F)cc2)CS(=O)(=O)C3)c1. The first-order valence-corrected chi connectivity index (χ1v) is 10.5. The van der Waals surface area contributed by atoms with Gasteiger partial charge in [-0.2, -0.15) is 5.10 Å². The van der Waals surface area contributed by atoms with Crippen molar-refractivity contribution in [3.63, 3.8) is 0 Å². The van der Waals surface area contributed by atoms with Gasteiger partial charge in [0.25, 0.3) is 5.91 Å². The predicted molar refractivity (Wildman–Crippen MR) is 104 cm³/mol. The Bertz CT molecular complexity index is 1180. The molecular weight excluding hydrogens is 381 g/mol. The van der Waals surface area contributed by atoms with Crippen molar-refractivity contribution in [2.75, 3.05) is 5.32 Å². The largest absolute Gasteiger partial charge is 0.306 e. The van der Waals surface area contributed by atoms with E-state index in [0.717, 1.165) is 11.1 Å². The zero-order valence-corrected chi connectivity index (χ0v) is 16.2.